The fourth-order valence-electron chi connectivity index (χ4n) is 3.18. The van der Waals surface area contributed by atoms with Gasteiger partial charge in [-0.25, -0.2) is 0 Å². The van der Waals surface area contributed by atoms with Crippen LogP contribution in [0.15, 0.2) is 42.5 Å². The zero-order chi connectivity index (χ0) is 20.1. The summed E-state index contributed by atoms with van der Waals surface area (Å²) in [6, 6.07) is 13.4. The van der Waals surface area contributed by atoms with Gasteiger partial charge in [0.2, 0.25) is 0 Å². The maximum absolute atomic E-state index is 12.5. The van der Waals surface area contributed by atoms with Crippen LogP contribution in [0, 0.1) is 6.92 Å². The lowest BCUT2D eigenvalue weighted by Gasteiger charge is -2.17. The molecule has 3 rings (SSSR count). The highest BCUT2D eigenvalue weighted by molar-refractivity contribution is 6.04. The molecule has 0 heterocycles. The normalized spacial score (nSPS) is 14.2. The van der Waals surface area contributed by atoms with Crippen molar-refractivity contribution in [2.24, 2.45) is 0 Å². The average Bonchev–Trinajstić information content (AvgIpc) is 3.46. The Morgan fingerprint density at radius 3 is 2.64 bits per heavy atom. The van der Waals surface area contributed by atoms with Gasteiger partial charge in [0.25, 0.3) is 11.8 Å². The van der Waals surface area contributed by atoms with Gasteiger partial charge in [-0.1, -0.05) is 23.8 Å². The standard InChI is InChI=1S/C22H27N3O3/c1-15-8-11-20(28-3)16(12-15)13-25(2)14-21(26)24-19-7-5-4-6-18(19)22(27)23-17-9-10-17/h4-8,11-12,17H,9-10,13-14H2,1-3H3,(H,23,27)(H,24,26)/p+1. The van der Waals surface area contributed by atoms with E-state index in [1.54, 1.807) is 25.3 Å². The molecule has 1 fully saturated rings. The number of likely N-dealkylation sites (N-methyl/N-ethyl adjacent to an activating group) is 1. The Balaban J connectivity index is 1.61. The van der Waals surface area contributed by atoms with Crippen molar-refractivity contribution >= 4 is 17.5 Å². The van der Waals surface area contributed by atoms with Crippen LogP contribution in [0.4, 0.5) is 5.69 Å². The molecule has 1 atom stereocenters. The molecule has 1 aliphatic rings. The molecule has 6 nitrogen and oxygen atoms in total. The van der Waals surface area contributed by atoms with Crippen LogP contribution < -0.4 is 20.3 Å². The Hall–Kier alpha value is -2.86. The Labute approximate surface area is 165 Å². The zero-order valence-corrected chi connectivity index (χ0v) is 16.7. The van der Waals surface area contributed by atoms with Crippen LogP contribution in [0.5, 0.6) is 5.75 Å². The predicted molar refractivity (Wildman–Crippen MR) is 109 cm³/mol. The summed E-state index contributed by atoms with van der Waals surface area (Å²) in [7, 11) is 3.62. The van der Waals surface area contributed by atoms with E-state index in [9.17, 15) is 9.59 Å². The number of rotatable bonds is 8. The number of ether oxygens (including phenoxy) is 1. The molecule has 2 amide bonds. The van der Waals surface area contributed by atoms with E-state index in [1.807, 2.05) is 32.2 Å². The van der Waals surface area contributed by atoms with E-state index in [0.717, 1.165) is 34.6 Å². The first kappa shape index (κ1) is 19.9. The maximum atomic E-state index is 12.5. The highest BCUT2D eigenvalue weighted by Crippen LogP contribution is 2.21. The number of amides is 2. The number of carbonyl (C=O) groups excluding carboxylic acids is 2. The molecule has 0 aromatic heterocycles. The first-order valence-corrected chi connectivity index (χ1v) is 9.61. The van der Waals surface area contributed by atoms with Crippen molar-refractivity contribution in [3.8, 4) is 5.75 Å². The number of anilines is 1. The van der Waals surface area contributed by atoms with E-state index in [1.165, 1.54) is 0 Å². The van der Waals surface area contributed by atoms with Gasteiger partial charge in [-0.2, -0.15) is 0 Å². The van der Waals surface area contributed by atoms with E-state index in [4.69, 9.17) is 4.74 Å². The number of aryl methyl sites for hydroxylation is 1. The largest absolute Gasteiger partial charge is 0.496 e. The summed E-state index contributed by atoms with van der Waals surface area (Å²) in [5.74, 6) is 0.562. The van der Waals surface area contributed by atoms with Crippen molar-refractivity contribution in [2.75, 3.05) is 26.0 Å². The fraction of sp³-hybridized carbons (Fsp3) is 0.364. The third-order valence-corrected chi connectivity index (χ3v) is 4.75. The van der Waals surface area contributed by atoms with Crippen molar-refractivity contribution in [3.05, 3.63) is 59.2 Å². The van der Waals surface area contributed by atoms with Gasteiger partial charge in [-0.05, 0) is 44.0 Å². The summed E-state index contributed by atoms with van der Waals surface area (Å²) in [5.41, 5.74) is 3.27. The first-order chi connectivity index (χ1) is 13.5. The number of carbonyl (C=O) groups is 2. The molecular formula is C22H28N3O3+. The summed E-state index contributed by atoms with van der Waals surface area (Å²) in [5, 5.41) is 5.86. The number of para-hydroxylation sites is 1. The Bertz CT molecular complexity index is 862. The van der Waals surface area contributed by atoms with E-state index in [0.29, 0.717) is 17.8 Å². The molecule has 2 aromatic rings. The van der Waals surface area contributed by atoms with E-state index in [2.05, 4.69) is 16.7 Å². The highest BCUT2D eigenvalue weighted by atomic mass is 16.5. The lowest BCUT2D eigenvalue weighted by Crippen LogP contribution is -3.08. The fourth-order valence-corrected chi connectivity index (χ4v) is 3.18. The second-order valence-corrected chi connectivity index (χ2v) is 7.47. The van der Waals surface area contributed by atoms with Gasteiger partial charge in [-0.15, -0.1) is 0 Å². The summed E-state index contributed by atoms with van der Waals surface area (Å²) in [4.78, 5) is 26.0. The van der Waals surface area contributed by atoms with Gasteiger partial charge in [0.1, 0.15) is 12.3 Å². The molecule has 0 saturated heterocycles. The minimum atomic E-state index is -0.136. The van der Waals surface area contributed by atoms with Gasteiger partial charge >= 0.3 is 0 Å². The molecule has 0 spiro atoms. The van der Waals surface area contributed by atoms with Crippen LogP contribution in [0.3, 0.4) is 0 Å². The smallest absolute Gasteiger partial charge is 0.279 e. The van der Waals surface area contributed by atoms with Crippen LogP contribution >= 0.6 is 0 Å². The average molecular weight is 382 g/mol. The van der Waals surface area contributed by atoms with Gasteiger partial charge in [-0.3, -0.25) is 9.59 Å². The third kappa shape index (κ3) is 5.33. The minimum Gasteiger partial charge on any atom is -0.496 e. The Morgan fingerprint density at radius 1 is 1.18 bits per heavy atom. The number of hydrogen-bond acceptors (Lipinski definition) is 3. The monoisotopic (exact) mass is 382 g/mol. The topological polar surface area (TPSA) is 71.9 Å². The summed E-state index contributed by atoms with van der Waals surface area (Å²) in [6.45, 7) is 2.99. The predicted octanol–water partition coefficient (Wildman–Crippen LogP) is 1.55. The van der Waals surface area contributed by atoms with Crippen molar-refractivity contribution in [1.29, 1.82) is 0 Å². The van der Waals surface area contributed by atoms with Crippen LogP contribution in [0.25, 0.3) is 0 Å². The van der Waals surface area contributed by atoms with Gasteiger partial charge in [0.05, 0.1) is 25.4 Å². The molecule has 148 valence electrons. The molecule has 0 bridgehead atoms. The van der Waals surface area contributed by atoms with Gasteiger partial charge < -0.3 is 20.3 Å². The quantitative estimate of drug-likeness (QED) is 0.649. The molecule has 1 saturated carbocycles. The van der Waals surface area contributed by atoms with Crippen LogP contribution in [0.1, 0.15) is 34.3 Å². The minimum absolute atomic E-state index is 0.129. The van der Waals surface area contributed by atoms with E-state index in [-0.39, 0.29) is 24.4 Å². The van der Waals surface area contributed by atoms with Crippen molar-refractivity contribution in [3.63, 3.8) is 0 Å². The number of benzene rings is 2. The molecule has 1 unspecified atom stereocenters. The molecular weight excluding hydrogens is 354 g/mol. The molecule has 0 radical (unpaired) electrons. The van der Waals surface area contributed by atoms with Crippen molar-refractivity contribution in [1.82, 2.24) is 5.32 Å². The molecule has 6 heteroatoms. The lowest BCUT2D eigenvalue weighted by atomic mass is 10.1. The molecule has 1 aliphatic carbocycles. The lowest BCUT2D eigenvalue weighted by molar-refractivity contribution is -0.885. The zero-order valence-electron chi connectivity index (χ0n) is 16.7. The third-order valence-electron chi connectivity index (χ3n) is 4.75. The number of nitrogens with one attached hydrogen (secondary N) is 3. The Morgan fingerprint density at radius 2 is 1.93 bits per heavy atom. The summed E-state index contributed by atoms with van der Waals surface area (Å²) < 4.78 is 5.42. The Kier molecular flexibility index (Phi) is 6.31. The van der Waals surface area contributed by atoms with Gasteiger partial charge in [0, 0.05) is 11.6 Å². The molecule has 28 heavy (non-hydrogen) atoms. The number of quaternary nitrogens is 1. The number of methoxy groups -OCH3 is 1. The van der Waals surface area contributed by atoms with Gasteiger partial charge in [0.15, 0.2) is 6.54 Å². The maximum Gasteiger partial charge on any atom is 0.279 e. The second-order valence-electron chi connectivity index (χ2n) is 7.47. The van der Waals surface area contributed by atoms with Crippen LogP contribution in [0.2, 0.25) is 0 Å². The van der Waals surface area contributed by atoms with Crippen LogP contribution in [-0.2, 0) is 11.3 Å². The van der Waals surface area contributed by atoms with E-state index < -0.39 is 0 Å². The summed E-state index contributed by atoms with van der Waals surface area (Å²) in [6.07, 6.45) is 2.05. The molecule has 0 aliphatic heterocycles. The first-order valence-electron chi connectivity index (χ1n) is 9.61. The highest BCUT2D eigenvalue weighted by Gasteiger charge is 2.25. The SMILES string of the molecule is COc1ccc(C)cc1C[NH+](C)CC(=O)Nc1ccccc1C(=O)NC1CC1. The van der Waals surface area contributed by atoms with Crippen LogP contribution in [-0.4, -0.2) is 38.6 Å². The van der Waals surface area contributed by atoms with E-state index >= 15 is 0 Å². The second kappa shape index (κ2) is 8.89. The number of hydrogen-bond donors (Lipinski definition) is 3. The van der Waals surface area contributed by atoms with Crippen molar-refractivity contribution in [2.45, 2.75) is 32.4 Å². The molecule has 2 aromatic carbocycles. The van der Waals surface area contributed by atoms with Crippen molar-refractivity contribution < 1.29 is 19.2 Å². The molecule has 3 N–H and O–H groups in total. The summed E-state index contributed by atoms with van der Waals surface area (Å²) >= 11 is 0.